The van der Waals surface area contributed by atoms with Crippen molar-refractivity contribution in [3.05, 3.63) is 11.5 Å². The second-order valence-electron chi connectivity index (χ2n) is 2.25. The molecule has 1 aliphatic rings. The number of aliphatic hydroxyl groups excluding tert-OH is 1. The molecule has 1 unspecified atom stereocenters. The van der Waals surface area contributed by atoms with E-state index >= 15 is 0 Å². The number of hydroxylamine groups is 2. The maximum Gasteiger partial charge on any atom is 0.160 e. The van der Waals surface area contributed by atoms with Gasteiger partial charge in [-0.05, 0) is 13.8 Å². The van der Waals surface area contributed by atoms with Crippen LogP contribution in [-0.2, 0) is 4.84 Å². The van der Waals surface area contributed by atoms with Crippen LogP contribution < -0.4 is 0 Å². The van der Waals surface area contributed by atoms with E-state index in [2.05, 4.69) is 0 Å². The zero-order valence-corrected chi connectivity index (χ0v) is 5.88. The summed E-state index contributed by atoms with van der Waals surface area (Å²) in [5.41, 5.74) is 0. The zero-order chi connectivity index (χ0) is 7.02. The summed E-state index contributed by atoms with van der Waals surface area (Å²) in [5.74, 6) is 0.933. The minimum atomic E-state index is 0.00463. The number of hydrogen-bond donors (Lipinski definition) is 1. The summed E-state index contributed by atoms with van der Waals surface area (Å²) >= 11 is 0. The molecule has 0 aliphatic carbocycles. The van der Waals surface area contributed by atoms with Crippen LogP contribution in [0.2, 0.25) is 0 Å². The van der Waals surface area contributed by atoms with E-state index in [1.54, 1.807) is 19.0 Å². The Balaban J connectivity index is 2.74. The maximum atomic E-state index is 9.15. The predicted octanol–water partition coefficient (Wildman–Crippen LogP) is 1.04. The Bertz CT molecular complexity index is 153. The van der Waals surface area contributed by atoms with Crippen LogP contribution in [0.5, 0.6) is 0 Å². The van der Waals surface area contributed by atoms with Crippen LogP contribution in [-0.4, -0.2) is 23.3 Å². The molecule has 1 rings (SSSR count). The van der Waals surface area contributed by atoms with Gasteiger partial charge < -0.3 is 9.94 Å². The quantitative estimate of drug-likeness (QED) is 0.530. The van der Waals surface area contributed by atoms with Crippen molar-refractivity contribution in [2.24, 2.45) is 0 Å². The van der Waals surface area contributed by atoms with Crippen molar-refractivity contribution in [1.82, 2.24) is 5.06 Å². The zero-order valence-electron chi connectivity index (χ0n) is 5.88. The van der Waals surface area contributed by atoms with Gasteiger partial charge in [-0.3, -0.25) is 0 Å². The van der Waals surface area contributed by atoms with Gasteiger partial charge in [0.1, 0.15) is 6.04 Å². The van der Waals surface area contributed by atoms with Crippen molar-refractivity contribution in [3.63, 3.8) is 0 Å². The fraction of sp³-hybridized carbons (Fsp3) is 0.667. The Labute approximate surface area is 54.5 Å². The first-order chi connectivity index (χ1) is 4.13. The second-order valence-corrected chi connectivity index (χ2v) is 2.25. The molecule has 0 saturated heterocycles. The van der Waals surface area contributed by atoms with E-state index < -0.39 is 0 Å². The summed E-state index contributed by atoms with van der Waals surface area (Å²) < 4.78 is 0. The van der Waals surface area contributed by atoms with Gasteiger partial charge in [0.25, 0.3) is 0 Å². The van der Waals surface area contributed by atoms with Crippen molar-refractivity contribution in [2.75, 3.05) is 7.05 Å². The van der Waals surface area contributed by atoms with E-state index in [1.165, 1.54) is 0 Å². The Morgan fingerprint density at radius 2 is 2.22 bits per heavy atom. The van der Waals surface area contributed by atoms with Gasteiger partial charge in [-0.2, -0.15) is 0 Å². The smallest absolute Gasteiger partial charge is 0.160 e. The summed E-state index contributed by atoms with van der Waals surface area (Å²) in [6, 6.07) is 0.00463. The normalized spacial score (nSPS) is 29.0. The average molecular weight is 129 g/mol. The van der Waals surface area contributed by atoms with Gasteiger partial charge in [-0.1, -0.05) is 0 Å². The van der Waals surface area contributed by atoms with Crippen LogP contribution >= 0.6 is 0 Å². The maximum absolute atomic E-state index is 9.15. The lowest BCUT2D eigenvalue weighted by Gasteiger charge is -2.12. The second kappa shape index (κ2) is 1.92. The number of hydrogen-bond acceptors (Lipinski definition) is 3. The molecule has 1 atom stereocenters. The molecule has 0 radical (unpaired) electrons. The predicted molar refractivity (Wildman–Crippen MR) is 33.6 cm³/mol. The molecule has 0 aromatic carbocycles. The van der Waals surface area contributed by atoms with E-state index in [0.717, 1.165) is 0 Å². The minimum Gasteiger partial charge on any atom is -0.507 e. The first-order valence-electron chi connectivity index (χ1n) is 2.93. The van der Waals surface area contributed by atoms with E-state index in [4.69, 9.17) is 9.94 Å². The van der Waals surface area contributed by atoms with Crippen LogP contribution in [0, 0.1) is 0 Å². The fourth-order valence-corrected chi connectivity index (χ4v) is 0.808. The van der Waals surface area contributed by atoms with E-state index in [0.29, 0.717) is 11.5 Å². The molecular weight excluding hydrogens is 118 g/mol. The van der Waals surface area contributed by atoms with Gasteiger partial charge in [0.05, 0.1) is 0 Å². The summed E-state index contributed by atoms with van der Waals surface area (Å²) in [7, 11) is 1.79. The Hall–Kier alpha value is -0.700. The number of rotatable bonds is 0. The van der Waals surface area contributed by atoms with Gasteiger partial charge in [0.2, 0.25) is 0 Å². The Morgan fingerprint density at radius 1 is 1.67 bits per heavy atom. The molecule has 0 aromatic heterocycles. The average Bonchev–Trinajstić information content (AvgIpc) is 1.98. The molecule has 3 nitrogen and oxygen atoms in total. The molecule has 0 aromatic rings. The monoisotopic (exact) mass is 129 g/mol. The van der Waals surface area contributed by atoms with Gasteiger partial charge in [-0.25, -0.2) is 0 Å². The van der Waals surface area contributed by atoms with E-state index in [9.17, 15) is 0 Å². The van der Waals surface area contributed by atoms with Crippen molar-refractivity contribution in [2.45, 2.75) is 19.9 Å². The van der Waals surface area contributed by atoms with Gasteiger partial charge in [0.15, 0.2) is 11.5 Å². The van der Waals surface area contributed by atoms with Gasteiger partial charge in [0, 0.05) is 7.05 Å². The van der Waals surface area contributed by atoms with E-state index in [1.807, 2.05) is 6.92 Å². The lowest BCUT2D eigenvalue weighted by atomic mass is 10.3. The first-order valence-corrected chi connectivity index (χ1v) is 2.93. The standard InChI is InChI=1S/C6H11NO2/c1-4-6(8)5(2)9-7(4)3/h4,8H,1-3H3. The highest BCUT2D eigenvalue weighted by Crippen LogP contribution is 2.20. The van der Waals surface area contributed by atoms with Crippen molar-refractivity contribution >= 4 is 0 Å². The van der Waals surface area contributed by atoms with Crippen molar-refractivity contribution in [1.29, 1.82) is 0 Å². The molecule has 0 spiro atoms. The van der Waals surface area contributed by atoms with E-state index in [-0.39, 0.29) is 6.04 Å². The molecule has 0 bridgehead atoms. The molecule has 0 fully saturated rings. The van der Waals surface area contributed by atoms with Crippen LogP contribution in [0.3, 0.4) is 0 Å². The van der Waals surface area contributed by atoms with Crippen LogP contribution in [0.15, 0.2) is 11.5 Å². The third-order valence-electron chi connectivity index (χ3n) is 1.58. The summed E-state index contributed by atoms with van der Waals surface area (Å²) in [4.78, 5) is 5.05. The lowest BCUT2D eigenvalue weighted by molar-refractivity contribution is -0.0904. The molecule has 0 saturated carbocycles. The number of aliphatic hydroxyl groups is 1. The van der Waals surface area contributed by atoms with Crippen molar-refractivity contribution < 1.29 is 9.94 Å². The Kier molecular flexibility index (Phi) is 1.37. The molecular formula is C6H11NO2. The van der Waals surface area contributed by atoms with Gasteiger partial charge in [-0.15, -0.1) is 5.06 Å². The summed E-state index contributed by atoms with van der Waals surface area (Å²) in [6.45, 7) is 3.63. The molecule has 0 amide bonds. The molecule has 3 heteroatoms. The Morgan fingerprint density at radius 3 is 2.33 bits per heavy atom. The third kappa shape index (κ3) is 0.876. The van der Waals surface area contributed by atoms with Crippen LogP contribution in [0.4, 0.5) is 0 Å². The van der Waals surface area contributed by atoms with Crippen molar-refractivity contribution in [3.8, 4) is 0 Å². The first kappa shape index (κ1) is 6.42. The minimum absolute atomic E-state index is 0.00463. The molecule has 52 valence electrons. The number of allylic oxidation sites excluding steroid dienone is 1. The molecule has 1 N–H and O–H groups in total. The SMILES string of the molecule is CC1=C(O)C(C)N(C)O1. The third-order valence-corrected chi connectivity index (χ3v) is 1.58. The molecule has 9 heavy (non-hydrogen) atoms. The lowest BCUT2D eigenvalue weighted by Crippen LogP contribution is -2.23. The highest BCUT2D eigenvalue weighted by atomic mass is 16.7. The molecule has 1 heterocycles. The fourth-order valence-electron chi connectivity index (χ4n) is 0.808. The topological polar surface area (TPSA) is 32.7 Å². The van der Waals surface area contributed by atoms with Crippen LogP contribution in [0.1, 0.15) is 13.8 Å². The van der Waals surface area contributed by atoms with Crippen LogP contribution in [0.25, 0.3) is 0 Å². The van der Waals surface area contributed by atoms with Gasteiger partial charge >= 0.3 is 0 Å². The number of nitrogens with zero attached hydrogens (tertiary/aromatic N) is 1. The highest BCUT2D eigenvalue weighted by Gasteiger charge is 2.25. The molecule has 1 aliphatic heterocycles. The highest BCUT2D eigenvalue weighted by molar-refractivity contribution is 5.07. The summed E-state index contributed by atoms with van der Waals surface area (Å²) in [6.07, 6.45) is 0. The largest absolute Gasteiger partial charge is 0.507 e. The number of likely N-dealkylation sites (N-methyl/N-ethyl adjacent to an activating group) is 1. The summed E-state index contributed by atoms with van der Waals surface area (Å²) in [5, 5.41) is 10.8.